The third-order valence-electron chi connectivity index (χ3n) is 6.05. The van der Waals surface area contributed by atoms with Gasteiger partial charge in [-0.25, -0.2) is 9.37 Å². The minimum Gasteiger partial charge on any atom is -0.368 e. The number of amides is 1. The number of halogens is 1. The number of nitrogens with zero attached hydrogens (tertiary/aromatic N) is 4. The van der Waals surface area contributed by atoms with Crippen LogP contribution in [0.3, 0.4) is 0 Å². The number of piperazine rings is 1. The van der Waals surface area contributed by atoms with E-state index < -0.39 is 0 Å². The SMILES string of the molecule is C=C(c1ccc(N(C=O)C(C)(C)CC)cc1F)N1CCN(c2ccc(C)cn2)CC1. The molecule has 0 unspecified atom stereocenters. The van der Waals surface area contributed by atoms with Gasteiger partial charge >= 0.3 is 0 Å². The average Bonchev–Trinajstić information content (AvgIpc) is 2.74. The summed E-state index contributed by atoms with van der Waals surface area (Å²) in [5, 5.41) is 0. The fraction of sp³-hybridized carbons (Fsp3) is 0.417. The van der Waals surface area contributed by atoms with Crippen molar-refractivity contribution in [2.45, 2.75) is 39.7 Å². The summed E-state index contributed by atoms with van der Waals surface area (Å²) >= 11 is 0. The molecular formula is C24H31FN4O. The highest BCUT2D eigenvalue weighted by molar-refractivity contribution is 5.78. The van der Waals surface area contributed by atoms with Crippen molar-refractivity contribution in [1.82, 2.24) is 9.88 Å². The molecule has 0 N–H and O–H groups in total. The van der Waals surface area contributed by atoms with Gasteiger partial charge in [-0.2, -0.15) is 0 Å². The Hall–Kier alpha value is -2.89. The van der Waals surface area contributed by atoms with Gasteiger partial charge in [0.1, 0.15) is 11.6 Å². The summed E-state index contributed by atoms with van der Waals surface area (Å²) in [6.45, 7) is 15.2. The van der Waals surface area contributed by atoms with Gasteiger partial charge in [-0.15, -0.1) is 0 Å². The molecular weight excluding hydrogens is 379 g/mol. The molecule has 1 fully saturated rings. The monoisotopic (exact) mass is 410 g/mol. The van der Waals surface area contributed by atoms with E-state index in [-0.39, 0.29) is 11.4 Å². The van der Waals surface area contributed by atoms with Gasteiger partial charge in [0, 0.05) is 54.9 Å². The van der Waals surface area contributed by atoms with Crippen molar-refractivity contribution in [2.75, 3.05) is 36.0 Å². The van der Waals surface area contributed by atoms with Gasteiger partial charge in [0.05, 0.1) is 0 Å². The number of carbonyl (C=O) groups excluding carboxylic acids is 1. The largest absolute Gasteiger partial charge is 0.368 e. The van der Waals surface area contributed by atoms with E-state index in [9.17, 15) is 9.18 Å². The van der Waals surface area contributed by atoms with Crippen LogP contribution in [0.25, 0.3) is 5.70 Å². The maximum atomic E-state index is 15.0. The summed E-state index contributed by atoms with van der Waals surface area (Å²) in [5.41, 5.74) is 2.46. The van der Waals surface area contributed by atoms with Gasteiger partial charge in [-0.1, -0.05) is 19.6 Å². The number of carbonyl (C=O) groups is 1. The van der Waals surface area contributed by atoms with Crippen LogP contribution < -0.4 is 9.80 Å². The van der Waals surface area contributed by atoms with Crippen LogP contribution in [0.15, 0.2) is 43.1 Å². The second-order valence-corrected chi connectivity index (χ2v) is 8.42. The Morgan fingerprint density at radius 3 is 2.47 bits per heavy atom. The van der Waals surface area contributed by atoms with E-state index in [1.807, 2.05) is 40.0 Å². The number of rotatable bonds is 7. The Kier molecular flexibility index (Phi) is 6.44. The van der Waals surface area contributed by atoms with E-state index in [1.54, 1.807) is 17.0 Å². The molecule has 2 heterocycles. The number of aryl methyl sites for hydroxylation is 1. The lowest BCUT2D eigenvalue weighted by molar-refractivity contribution is -0.108. The molecule has 1 saturated heterocycles. The van der Waals surface area contributed by atoms with E-state index in [0.717, 1.165) is 50.4 Å². The first-order valence-corrected chi connectivity index (χ1v) is 10.4. The number of aromatic nitrogens is 1. The smallest absolute Gasteiger partial charge is 0.214 e. The minimum atomic E-state index is -0.382. The highest BCUT2D eigenvalue weighted by Gasteiger charge is 2.26. The van der Waals surface area contributed by atoms with Crippen LogP contribution in [0.5, 0.6) is 0 Å². The molecule has 30 heavy (non-hydrogen) atoms. The molecule has 0 atom stereocenters. The highest BCUT2D eigenvalue weighted by Crippen LogP contribution is 2.30. The van der Waals surface area contributed by atoms with Gasteiger partial charge < -0.3 is 14.7 Å². The van der Waals surface area contributed by atoms with Crippen molar-refractivity contribution in [2.24, 2.45) is 0 Å². The predicted molar refractivity (Wildman–Crippen MR) is 121 cm³/mol. The van der Waals surface area contributed by atoms with Crippen molar-refractivity contribution in [1.29, 1.82) is 0 Å². The zero-order chi connectivity index (χ0) is 21.9. The molecule has 0 saturated carbocycles. The van der Waals surface area contributed by atoms with Gasteiger partial charge in [-0.05, 0) is 57.0 Å². The minimum absolute atomic E-state index is 0.362. The predicted octanol–water partition coefficient (Wildman–Crippen LogP) is 4.47. The fourth-order valence-electron chi connectivity index (χ4n) is 3.63. The van der Waals surface area contributed by atoms with Crippen LogP contribution in [0.4, 0.5) is 15.9 Å². The molecule has 3 rings (SSSR count). The highest BCUT2D eigenvalue weighted by atomic mass is 19.1. The number of pyridine rings is 1. The Labute approximate surface area is 178 Å². The first kappa shape index (κ1) is 21.8. The Bertz CT molecular complexity index is 902. The summed E-state index contributed by atoms with van der Waals surface area (Å²) < 4.78 is 15.0. The molecule has 1 aromatic carbocycles. The van der Waals surface area contributed by atoms with E-state index >= 15 is 0 Å². The van der Waals surface area contributed by atoms with E-state index in [0.29, 0.717) is 16.9 Å². The lowest BCUT2D eigenvalue weighted by atomic mass is 9.98. The molecule has 0 bridgehead atoms. The van der Waals surface area contributed by atoms with E-state index in [4.69, 9.17) is 0 Å². The van der Waals surface area contributed by atoms with Crippen molar-refractivity contribution in [3.63, 3.8) is 0 Å². The molecule has 0 radical (unpaired) electrons. The number of benzene rings is 1. The van der Waals surface area contributed by atoms with Crippen molar-refractivity contribution in [3.05, 3.63) is 60.1 Å². The summed E-state index contributed by atoms with van der Waals surface area (Å²) in [4.78, 5) is 22.0. The van der Waals surface area contributed by atoms with Gasteiger partial charge in [-0.3, -0.25) is 4.79 Å². The van der Waals surface area contributed by atoms with E-state index in [1.165, 1.54) is 6.07 Å². The lowest BCUT2D eigenvalue weighted by Crippen LogP contribution is -2.45. The normalized spacial score (nSPS) is 14.6. The maximum Gasteiger partial charge on any atom is 0.214 e. The standard InChI is InChI=1S/C24H31FN4O/c1-6-24(4,5)29(17-30)20-8-9-21(22(25)15-20)19(3)27-11-13-28(14-12-27)23-10-7-18(2)16-26-23/h7-10,15-17H,3,6,11-14H2,1-2,4-5H3. The number of hydrogen-bond acceptors (Lipinski definition) is 4. The molecule has 0 spiro atoms. The van der Waals surface area contributed by atoms with Crippen LogP contribution in [-0.4, -0.2) is 48.0 Å². The Morgan fingerprint density at radius 2 is 1.93 bits per heavy atom. The third-order valence-corrected chi connectivity index (χ3v) is 6.05. The molecule has 1 aliphatic heterocycles. The quantitative estimate of drug-likeness (QED) is 0.631. The van der Waals surface area contributed by atoms with Gasteiger partial charge in [0.25, 0.3) is 0 Å². The maximum absolute atomic E-state index is 15.0. The third kappa shape index (κ3) is 4.48. The summed E-state index contributed by atoms with van der Waals surface area (Å²) in [7, 11) is 0. The lowest BCUT2D eigenvalue weighted by Gasteiger charge is -2.38. The summed E-state index contributed by atoms with van der Waals surface area (Å²) in [5.74, 6) is 0.604. The molecule has 1 aromatic heterocycles. The molecule has 0 aliphatic carbocycles. The molecule has 5 nitrogen and oxygen atoms in total. The second kappa shape index (κ2) is 8.86. The van der Waals surface area contributed by atoms with Gasteiger partial charge in [0.2, 0.25) is 6.41 Å². The number of anilines is 2. The van der Waals surface area contributed by atoms with Crippen LogP contribution in [0.1, 0.15) is 38.3 Å². The number of hydrogen-bond donors (Lipinski definition) is 0. The van der Waals surface area contributed by atoms with Crippen molar-refractivity contribution >= 4 is 23.6 Å². The van der Waals surface area contributed by atoms with Crippen LogP contribution in [-0.2, 0) is 4.79 Å². The molecule has 160 valence electrons. The van der Waals surface area contributed by atoms with E-state index in [2.05, 4.69) is 27.4 Å². The van der Waals surface area contributed by atoms with Crippen LogP contribution >= 0.6 is 0 Å². The molecule has 1 aliphatic rings. The molecule has 2 aromatic rings. The van der Waals surface area contributed by atoms with Gasteiger partial charge in [0.15, 0.2) is 0 Å². The Morgan fingerprint density at radius 1 is 1.23 bits per heavy atom. The summed E-state index contributed by atoms with van der Waals surface area (Å²) in [6.07, 6.45) is 3.41. The van der Waals surface area contributed by atoms with Crippen molar-refractivity contribution < 1.29 is 9.18 Å². The van der Waals surface area contributed by atoms with Crippen LogP contribution in [0, 0.1) is 12.7 Å². The fourth-order valence-corrected chi connectivity index (χ4v) is 3.63. The first-order valence-electron chi connectivity index (χ1n) is 10.4. The molecule has 1 amide bonds. The zero-order valence-corrected chi connectivity index (χ0v) is 18.4. The average molecular weight is 411 g/mol. The first-order chi connectivity index (χ1) is 14.3. The van der Waals surface area contributed by atoms with Crippen molar-refractivity contribution in [3.8, 4) is 0 Å². The second-order valence-electron chi connectivity index (χ2n) is 8.42. The topological polar surface area (TPSA) is 39.7 Å². The Balaban J connectivity index is 1.70. The summed E-state index contributed by atoms with van der Waals surface area (Å²) in [6, 6.07) is 9.05. The van der Waals surface area contributed by atoms with Crippen LogP contribution in [0.2, 0.25) is 0 Å². The molecule has 6 heteroatoms. The zero-order valence-electron chi connectivity index (χ0n) is 18.4.